The lowest BCUT2D eigenvalue weighted by Crippen LogP contribution is -2.41. The number of carbonyl (C=O) groups excluding carboxylic acids is 1. The molecule has 0 fully saturated rings. The third-order valence-electron chi connectivity index (χ3n) is 4.49. The lowest BCUT2D eigenvalue weighted by molar-refractivity contribution is 0.0965. The summed E-state index contributed by atoms with van der Waals surface area (Å²) in [5, 5.41) is 2.88. The molecule has 25 heavy (non-hydrogen) atoms. The molecule has 0 bridgehead atoms. The molecule has 2 heterocycles. The number of anilines is 1. The largest absolute Gasteiger partial charge is 0.598 e. The number of aromatic nitrogens is 1. The first-order chi connectivity index (χ1) is 11.6. The van der Waals surface area contributed by atoms with Crippen LogP contribution in [0.1, 0.15) is 75.6 Å². The molecule has 1 amide bonds. The highest BCUT2D eigenvalue weighted by atomic mass is 32.2. The van der Waals surface area contributed by atoms with Crippen LogP contribution in [0.4, 0.5) is 5.82 Å². The Labute approximate surface area is 154 Å². The van der Waals surface area contributed by atoms with E-state index in [2.05, 4.69) is 23.9 Å². The van der Waals surface area contributed by atoms with Crippen LogP contribution in [0.5, 0.6) is 0 Å². The van der Waals surface area contributed by atoms with Gasteiger partial charge in [0.2, 0.25) is 0 Å². The van der Waals surface area contributed by atoms with E-state index in [0.29, 0.717) is 12.1 Å². The molecule has 6 nitrogen and oxygen atoms in total. The zero-order chi connectivity index (χ0) is 18.9. The van der Waals surface area contributed by atoms with Gasteiger partial charge >= 0.3 is 0 Å². The van der Waals surface area contributed by atoms with Crippen LogP contribution in [0.2, 0.25) is 0 Å². The topological polar surface area (TPSA) is 80.3 Å². The number of hydrogen-bond acceptors (Lipinski definition) is 5. The van der Waals surface area contributed by atoms with Gasteiger partial charge in [-0.3, -0.25) is 4.79 Å². The summed E-state index contributed by atoms with van der Waals surface area (Å²) in [4.78, 5) is 19.1. The Hall–Kier alpha value is -1.31. The van der Waals surface area contributed by atoms with Gasteiger partial charge in [0, 0.05) is 42.1 Å². The van der Waals surface area contributed by atoms with Crippen LogP contribution in [0.15, 0.2) is 6.07 Å². The van der Waals surface area contributed by atoms with Crippen molar-refractivity contribution in [3.8, 4) is 0 Å². The normalized spacial score (nSPS) is 16.6. The van der Waals surface area contributed by atoms with E-state index in [0.717, 1.165) is 23.5 Å². The molecule has 0 spiro atoms. The monoisotopic (exact) mass is 366 g/mol. The van der Waals surface area contributed by atoms with Crippen molar-refractivity contribution in [3.05, 3.63) is 22.9 Å². The van der Waals surface area contributed by atoms with Gasteiger partial charge in [-0.15, -0.1) is 4.72 Å². The lowest BCUT2D eigenvalue weighted by Gasteiger charge is -2.29. The molecule has 140 valence electrons. The number of hydrogen-bond donors (Lipinski definition) is 2. The van der Waals surface area contributed by atoms with E-state index >= 15 is 0 Å². The maximum Gasteiger partial charge on any atom is 0.252 e. The van der Waals surface area contributed by atoms with Crippen LogP contribution in [-0.4, -0.2) is 33.3 Å². The number of rotatable bonds is 6. The minimum atomic E-state index is -1.21. The molecule has 2 N–H and O–H groups in total. The van der Waals surface area contributed by atoms with Crippen molar-refractivity contribution < 1.29 is 9.35 Å². The van der Waals surface area contributed by atoms with Gasteiger partial charge in [-0.1, -0.05) is 6.92 Å². The van der Waals surface area contributed by atoms with Gasteiger partial charge in [0.1, 0.15) is 10.6 Å². The molecule has 1 aromatic heterocycles. The molecular formula is C18H30N4O2S. The molecule has 7 heteroatoms. The Morgan fingerprint density at radius 3 is 2.60 bits per heavy atom. The van der Waals surface area contributed by atoms with Crippen LogP contribution in [0.25, 0.3) is 0 Å². The minimum Gasteiger partial charge on any atom is -0.598 e. The molecule has 2 rings (SSSR count). The predicted molar refractivity (Wildman–Crippen MR) is 103 cm³/mol. The second kappa shape index (κ2) is 7.51. The zero-order valence-electron chi connectivity index (χ0n) is 16.3. The first-order valence-electron chi connectivity index (χ1n) is 8.79. The number of nitrogens with zero attached hydrogens (tertiary/aromatic N) is 2. The van der Waals surface area contributed by atoms with Crippen molar-refractivity contribution >= 4 is 23.1 Å². The molecule has 2 atom stereocenters. The van der Waals surface area contributed by atoms with Crippen LogP contribution in [-0.2, 0) is 17.9 Å². The van der Waals surface area contributed by atoms with E-state index in [-0.39, 0.29) is 22.7 Å². The fraction of sp³-hybridized carbons (Fsp3) is 0.667. The summed E-state index contributed by atoms with van der Waals surface area (Å²) in [6.07, 6.45) is 0.740. The smallest absolute Gasteiger partial charge is 0.252 e. The quantitative estimate of drug-likeness (QED) is 0.757. The van der Waals surface area contributed by atoms with E-state index in [9.17, 15) is 9.35 Å². The summed E-state index contributed by atoms with van der Waals surface area (Å²) in [6.45, 7) is 12.5. The lowest BCUT2D eigenvalue weighted by atomic mass is 10.0. The summed E-state index contributed by atoms with van der Waals surface area (Å²) in [5.74, 6) is 0.700. The number of amides is 1. The van der Waals surface area contributed by atoms with E-state index in [1.807, 2.05) is 45.7 Å². The third-order valence-corrected chi connectivity index (χ3v) is 6.10. The van der Waals surface area contributed by atoms with Crippen LogP contribution in [0.3, 0.4) is 0 Å². The van der Waals surface area contributed by atoms with Crippen molar-refractivity contribution in [2.75, 3.05) is 11.9 Å². The van der Waals surface area contributed by atoms with Crippen molar-refractivity contribution in [3.63, 3.8) is 0 Å². The minimum absolute atomic E-state index is 0.0659. The summed E-state index contributed by atoms with van der Waals surface area (Å²) in [5.41, 5.74) is 2.41. The van der Waals surface area contributed by atoms with Crippen LogP contribution in [0, 0.1) is 0 Å². The summed E-state index contributed by atoms with van der Waals surface area (Å²) >= 11 is -1.21. The molecule has 0 saturated carbocycles. The number of nitrogens with one attached hydrogen (secondary N) is 2. The Kier molecular flexibility index (Phi) is 6.01. The molecule has 1 aromatic rings. The van der Waals surface area contributed by atoms with Gasteiger partial charge in [-0.25, -0.2) is 4.98 Å². The van der Waals surface area contributed by atoms with Gasteiger partial charge < -0.3 is 14.8 Å². The van der Waals surface area contributed by atoms with Gasteiger partial charge in [0.25, 0.3) is 5.91 Å². The Bertz CT molecular complexity index is 643. The fourth-order valence-electron chi connectivity index (χ4n) is 2.60. The predicted octanol–water partition coefficient (Wildman–Crippen LogP) is 2.67. The molecule has 0 aliphatic carbocycles. The first-order valence-corrected chi connectivity index (χ1v) is 9.94. The highest BCUT2D eigenvalue weighted by Gasteiger charge is 2.33. The molecule has 1 aliphatic heterocycles. The molecular weight excluding hydrogens is 336 g/mol. The van der Waals surface area contributed by atoms with Crippen molar-refractivity contribution in [1.29, 1.82) is 0 Å². The van der Waals surface area contributed by atoms with E-state index in [4.69, 9.17) is 4.98 Å². The summed E-state index contributed by atoms with van der Waals surface area (Å²) < 4.78 is 15.4. The highest BCUT2D eigenvalue weighted by Crippen LogP contribution is 2.31. The molecule has 0 aromatic carbocycles. The molecule has 0 saturated heterocycles. The maximum atomic E-state index is 12.6. The number of pyridine rings is 1. The van der Waals surface area contributed by atoms with Gasteiger partial charge in [-0.2, -0.15) is 0 Å². The number of fused-ring (bicyclic) bond motifs is 1. The molecule has 1 aliphatic rings. The Morgan fingerprint density at radius 2 is 2.08 bits per heavy atom. The maximum absolute atomic E-state index is 12.6. The van der Waals surface area contributed by atoms with Gasteiger partial charge in [-0.05, 0) is 47.1 Å². The molecule has 1 unspecified atom stereocenters. The average molecular weight is 367 g/mol. The second-order valence-corrected chi connectivity index (χ2v) is 9.74. The van der Waals surface area contributed by atoms with Crippen molar-refractivity contribution in [2.24, 2.45) is 0 Å². The molecule has 0 radical (unpaired) electrons. The zero-order valence-corrected chi connectivity index (χ0v) is 17.1. The average Bonchev–Trinajstić information content (AvgIpc) is 2.91. The standard InChI is InChI=1S/C18H30N4O2S/c1-8-14(21-25(24)18(4,5)6)16-13-10-19-17(23)12(13)9-15(20-16)22(7)11(2)3/h9,11,14,21H,8,10H2,1-7H3,(H,19,23)/t14-,25?/m0/s1. The third kappa shape index (κ3) is 4.27. The Morgan fingerprint density at radius 1 is 1.44 bits per heavy atom. The van der Waals surface area contributed by atoms with E-state index < -0.39 is 11.4 Å². The summed E-state index contributed by atoms with van der Waals surface area (Å²) in [7, 11) is 1.97. The fourth-order valence-corrected chi connectivity index (χ4v) is 3.49. The number of carbonyl (C=O) groups is 1. The van der Waals surface area contributed by atoms with E-state index in [1.54, 1.807) is 0 Å². The van der Waals surface area contributed by atoms with Crippen LogP contribution >= 0.6 is 0 Å². The second-order valence-electron chi connectivity index (χ2n) is 7.74. The first kappa shape index (κ1) is 20.0. The summed E-state index contributed by atoms with van der Waals surface area (Å²) in [6, 6.07) is 1.95. The van der Waals surface area contributed by atoms with E-state index in [1.165, 1.54) is 0 Å². The van der Waals surface area contributed by atoms with Crippen molar-refractivity contribution in [2.45, 2.75) is 71.3 Å². The van der Waals surface area contributed by atoms with Crippen molar-refractivity contribution in [1.82, 2.24) is 15.0 Å². The van der Waals surface area contributed by atoms with Gasteiger partial charge in [0.05, 0.1) is 11.7 Å². The highest BCUT2D eigenvalue weighted by molar-refractivity contribution is 7.90. The van der Waals surface area contributed by atoms with Gasteiger partial charge in [0.15, 0.2) is 0 Å². The Balaban J connectivity index is 2.47. The SMILES string of the molecule is CC[C@H](N[S+]([O-])C(C)(C)C)c1nc(N(C)C(C)C)cc2c1CNC2=O. The van der Waals surface area contributed by atoms with Crippen LogP contribution < -0.4 is 14.9 Å².